The van der Waals surface area contributed by atoms with Crippen molar-refractivity contribution in [2.24, 2.45) is 0 Å². The highest BCUT2D eigenvalue weighted by atomic mass is 16.6. The van der Waals surface area contributed by atoms with Gasteiger partial charge in [0.2, 0.25) is 0 Å². The van der Waals surface area contributed by atoms with E-state index < -0.39 is 11.7 Å². The lowest BCUT2D eigenvalue weighted by molar-refractivity contribution is 0.0634. The standard InChI is InChI=1S/C14H20N2O3/c1-14(2,3)19-13(17)16-11-6-4-5-7-12(11)18-10-8-15-9-10/h4-7,10,15H,8-9H2,1-3H3,(H,16,17). The molecule has 0 saturated carbocycles. The number of hydrogen-bond acceptors (Lipinski definition) is 4. The van der Waals surface area contributed by atoms with Crippen LogP contribution in [0.3, 0.4) is 0 Å². The molecule has 19 heavy (non-hydrogen) atoms. The summed E-state index contributed by atoms with van der Waals surface area (Å²) in [6, 6.07) is 7.36. The van der Waals surface area contributed by atoms with Crippen molar-refractivity contribution in [3.05, 3.63) is 24.3 Å². The van der Waals surface area contributed by atoms with Crippen molar-refractivity contribution in [2.45, 2.75) is 32.5 Å². The third-order valence-corrected chi connectivity index (χ3v) is 2.56. The van der Waals surface area contributed by atoms with Crippen molar-refractivity contribution < 1.29 is 14.3 Å². The number of rotatable bonds is 3. The lowest BCUT2D eigenvalue weighted by atomic mass is 10.2. The van der Waals surface area contributed by atoms with E-state index in [9.17, 15) is 4.79 Å². The second-order valence-electron chi connectivity index (χ2n) is 5.52. The van der Waals surface area contributed by atoms with Gasteiger partial charge in [-0.05, 0) is 32.9 Å². The molecule has 0 bridgehead atoms. The van der Waals surface area contributed by atoms with E-state index in [0.29, 0.717) is 11.4 Å². The maximum absolute atomic E-state index is 11.7. The van der Waals surface area contributed by atoms with Crippen molar-refractivity contribution >= 4 is 11.8 Å². The predicted octanol–water partition coefficient (Wildman–Crippen LogP) is 2.38. The molecule has 1 aliphatic heterocycles. The van der Waals surface area contributed by atoms with Gasteiger partial charge in [0.25, 0.3) is 0 Å². The summed E-state index contributed by atoms with van der Waals surface area (Å²) in [5.41, 5.74) is 0.112. The molecule has 1 fully saturated rings. The molecule has 5 nitrogen and oxygen atoms in total. The molecular formula is C14H20N2O3. The van der Waals surface area contributed by atoms with Crippen LogP contribution in [0, 0.1) is 0 Å². The van der Waals surface area contributed by atoms with Crippen LogP contribution in [0.2, 0.25) is 0 Å². The Morgan fingerprint density at radius 2 is 2.00 bits per heavy atom. The number of carbonyl (C=O) groups excluding carboxylic acids is 1. The van der Waals surface area contributed by atoms with Crippen molar-refractivity contribution in [1.29, 1.82) is 0 Å². The first-order valence-corrected chi connectivity index (χ1v) is 6.40. The molecule has 0 spiro atoms. The summed E-state index contributed by atoms with van der Waals surface area (Å²) >= 11 is 0. The van der Waals surface area contributed by atoms with Crippen LogP contribution < -0.4 is 15.4 Å². The summed E-state index contributed by atoms with van der Waals surface area (Å²) in [6.45, 7) is 7.15. The first-order chi connectivity index (χ1) is 8.94. The summed E-state index contributed by atoms with van der Waals surface area (Å²) in [5, 5.41) is 5.85. The second-order valence-corrected chi connectivity index (χ2v) is 5.52. The number of hydrogen-bond donors (Lipinski definition) is 2. The first kappa shape index (κ1) is 13.7. The lowest BCUT2D eigenvalue weighted by Crippen LogP contribution is -2.50. The average Bonchev–Trinajstić information content (AvgIpc) is 2.22. The van der Waals surface area contributed by atoms with Gasteiger partial charge in [-0.2, -0.15) is 0 Å². The molecule has 0 unspecified atom stereocenters. The number of nitrogens with one attached hydrogen (secondary N) is 2. The van der Waals surface area contributed by atoms with Crippen LogP contribution in [0.5, 0.6) is 5.75 Å². The van der Waals surface area contributed by atoms with Gasteiger partial charge in [-0.15, -0.1) is 0 Å². The fourth-order valence-electron chi connectivity index (χ4n) is 1.61. The predicted molar refractivity (Wildman–Crippen MR) is 73.6 cm³/mol. The van der Waals surface area contributed by atoms with E-state index in [4.69, 9.17) is 9.47 Å². The Morgan fingerprint density at radius 1 is 1.32 bits per heavy atom. The lowest BCUT2D eigenvalue weighted by Gasteiger charge is -2.28. The van der Waals surface area contributed by atoms with Gasteiger partial charge in [0.1, 0.15) is 17.5 Å². The van der Waals surface area contributed by atoms with E-state index in [1.54, 1.807) is 6.07 Å². The Balaban J connectivity index is 2.00. The Labute approximate surface area is 113 Å². The highest BCUT2D eigenvalue weighted by molar-refractivity contribution is 5.86. The maximum atomic E-state index is 11.7. The quantitative estimate of drug-likeness (QED) is 0.880. The minimum absolute atomic E-state index is 0.168. The number of benzene rings is 1. The minimum atomic E-state index is -0.516. The van der Waals surface area contributed by atoms with Crippen molar-refractivity contribution in [2.75, 3.05) is 18.4 Å². The van der Waals surface area contributed by atoms with E-state index in [-0.39, 0.29) is 6.10 Å². The zero-order chi connectivity index (χ0) is 13.9. The summed E-state index contributed by atoms with van der Waals surface area (Å²) in [5.74, 6) is 0.667. The normalized spacial score (nSPS) is 15.5. The van der Waals surface area contributed by atoms with E-state index in [0.717, 1.165) is 13.1 Å². The fraction of sp³-hybridized carbons (Fsp3) is 0.500. The fourth-order valence-corrected chi connectivity index (χ4v) is 1.61. The molecule has 0 radical (unpaired) electrons. The van der Waals surface area contributed by atoms with Gasteiger partial charge in [0.05, 0.1) is 5.69 Å². The number of anilines is 1. The van der Waals surface area contributed by atoms with Gasteiger partial charge in [0, 0.05) is 13.1 Å². The molecule has 1 aromatic rings. The smallest absolute Gasteiger partial charge is 0.412 e. The molecule has 0 atom stereocenters. The summed E-state index contributed by atoms with van der Waals surface area (Å²) in [7, 11) is 0. The number of carbonyl (C=O) groups is 1. The van der Waals surface area contributed by atoms with E-state index in [1.807, 2.05) is 39.0 Å². The molecule has 104 valence electrons. The molecule has 2 N–H and O–H groups in total. The molecule has 0 aromatic heterocycles. The van der Waals surface area contributed by atoms with Crippen molar-refractivity contribution in [1.82, 2.24) is 5.32 Å². The third kappa shape index (κ3) is 4.13. The van der Waals surface area contributed by atoms with Crippen LogP contribution >= 0.6 is 0 Å². The number of para-hydroxylation sites is 2. The van der Waals surface area contributed by atoms with Gasteiger partial charge in [0.15, 0.2) is 0 Å². The van der Waals surface area contributed by atoms with Crippen LogP contribution in [-0.4, -0.2) is 30.9 Å². The molecule has 2 rings (SSSR count). The van der Waals surface area contributed by atoms with Crippen LogP contribution in [0.15, 0.2) is 24.3 Å². The van der Waals surface area contributed by atoms with E-state index in [2.05, 4.69) is 10.6 Å². The first-order valence-electron chi connectivity index (χ1n) is 6.40. The minimum Gasteiger partial charge on any atom is -0.486 e. The van der Waals surface area contributed by atoms with Gasteiger partial charge >= 0.3 is 6.09 Å². The SMILES string of the molecule is CC(C)(C)OC(=O)Nc1ccccc1OC1CNC1. The summed E-state index contributed by atoms with van der Waals surface area (Å²) in [6.07, 6.45) is -0.308. The van der Waals surface area contributed by atoms with E-state index >= 15 is 0 Å². The van der Waals surface area contributed by atoms with Crippen molar-refractivity contribution in [3.63, 3.8) is 0 Å². The highest BCUT2D eigenvalue weighted by Crippen LogP contribution is 2.26. The van der Waals surface area contributed by atoms with Gasteiger partial charge in [-0.1, -0.05) is 12.1 Å². The second kappa shape index (κ2) is 5.48. The van der Waals surface area contributed by atoms with Crippen LogP contribution in [0.25, 0.3) is 0 Å². The summed E-state index contributed by atoms with van der Waals surface area (Å²) < 4.78 is 11.0. The maximum Gasteiger partial charge on any atom is 0.412 e. The van der Waals surface area contributed by atoms with Gasteiger partial charge in [-0.3, -0.25) is 5.32 Å². The molecule has 1 aromatic carbocycles. The molecule has 1 amide bonds. The zero-order valence-corrected chi connectivity index (χ0v) is 11.5. The average molecular weight is 264 g/mol. The monoisotopic (exact) mass is 264 g/mol. The van der Waals surface area contributed by atoms with Gasteiger partial charge < -0.3 is 14.8 Å². The van der Waals surface area contributed by atoms with Crippen molar-refractivity contribution in [3.8, 4) is 5.75 Å². The summed E-state index contributed by atoms with van der Waals surface area (Å²) in [4.78, 5) is 11.7. The Morgan fingerprint density at radius 3 is 2.58 bits per heavy atom. The molecule has 1 heterocycles. The molecule has 1 saturated heterocycles. The Kier molecular flexibility index (Phi) is 3.95. The molecule has 1 aliphatic rings. The van der Waals surface area contributed by atoms with Crippen LogP contribution in [-0.2, 0) is 4.74 Å². The Hall–Kier alpha value is -1.75. The number of amides is 1. The van der Waals surface area contributed by atoms with Crippen LogP contribution in [0.1, 0.15) is 20.8 Å². The van der Waals surface area contributed by atoms with Gasteiger partial charge in [-0.25, -0.2) is 4.79 Å². The zero-order valence-electron chi connectivity index (χ0n) is 11.5. The molecular weight excluding hydrogens is 244 g/mol. The number of ether oxygens (including phenoxy) is 2. The van der Waals surface area contributed by atoms with Crippen LogP contribution in [0.4, 0.5) is 10.5 Å². The molecule has 5 heteroatoms. The highest BCUT2D eigenvalue weighted by Gasteiger charge is 2.21. The largest absolute Gasteiger partial charge is 0.486 e. The topological polar surface area (TPSA) is 59.6 Å². The molecule has 0 aliphatic carbocycles. The van der Waals surface area contributed by atoms with E-state index in [1.165, 1.54) is 0 Å². The third-order valence-electron chi connectivity index (χ3n) is 2.56. The Bertz CT molecular complexity index is 450.